The summed E-state index contributed by atoms with van der Waals surface area (Å²) in [5, 5.41) is 13.9. The van der Waals surface area contributed by atoms with Gasteiger partial charge in [0.1, 0.15) is 5.76 Å². The van der Waals surface area contributed by atoms with Crippen LogP contribution in [0.4, 0.5) is 8.78 Å². The molecular formula is C22H28F2N2O4. The summed E-state index contributed by atoms with van der Waals surface area (Å²) >= 11 is 0. The SMILES string of the molecule is CC(C)COC(=O)C1=C(O)[C@@]2(C)CCC(C)(C)N2N(Cc2cccc(F)c2F)C1=O. The summed E-state index contributed by atoms with van der Waals surface area (Å²) in [5.41, 5.74) is -2.09. The number of rotatable bonds is 5. The average Bonchev–Trinajstić information content (AvgIpc) is 2.91. The van der Waals surface area contributed by atoms with Crippen LogP contribution in [-0.4, -0.2) is 44.7 Å². The molecule has 0 radical (unpaired) electrons. The van der Waals surface area contributed by atoms with Gasteiger partial charge in [-0.05, 0) is 45.6 Å². The molecule has 1 aromatic carbocycles. The lowest BCUT2D eigenvalue weighted by Crippen LogP contribution is -2.65. The molecule has 30 heavy (non-hydrogen) atoms. The van der Waals surface area contributed by atoms with E-state index in [9.17, 15) is 23.5 Å². The van der Waals surface area contributed by atoms with E-state index < -0.39 is 40.2 Å². The number of aliphatic hydroxyl groups is 1. The number of benzene rings is 1. The van der Waals surface area contributed by atoms with Crippen molar-refractivity contribution >= 4 is 11.9 Å². The van der Waals surface area contributed by atoms with Gasteiger partial charge in [0, 0.05) is 11.1 Å². The highest BCUT2D eigenvalue weighted by atomic mass is 19.2. The van der Waals surface area contributed by atoms with Crippen molar-refractivity contribution in [1.82, 2.24) is 10.0 Å². The number of carbonyl (C=O) groups excluding carboxylic acids is 2. The maximum Gasteiger partial charge on any atom is 0.347 e. The number of amides is 1. The number of fused-ring (bicyclic) bond motifs is 1. The zero-order valence-electron chi connectivity index (χ0n) is 18.0. The Morgan fingerprint density at radius 1 is 1.23 bits per heavy atom. The Morgan fingerprint density at radius 2 is 1.90 bits per heavy atom. The van der Waals surface area contributed by atoms with E-state index in [0.717, 1.165) is 6.07 Å². The topological polar surface area (TPSA) is 70.1 Å². The minimum absolute atomic E-state index is 0.0234. The maximum absolute atomic E-state index is 14.4. The van der Waals surface area contributed by atoms with Crippen LogP contribution in [0.15, 0.2) is 29.5 Å². The first-order valence-electron chi connectivity index (χ1n) is 10.1. The molecule has 0 aromatic heterocycles. The number of carbonyl (C=O) groups is 2. The van der Waals surface area contributed by atoms with Crippen molar-refractivity contribution in [2.75, 3.05) is 6.61 Å². The number of hydrogen-bond donors (Lipinski definition) is 1. The maximum atomic E-state index is 14.4. The fourth-order valence-corrected chi connectivity index (χ4v) is 4.30. The molecule has 164 valence electrons. The average molecular weight is 422 g/mol. The summed E-state index contributed by atoms with van der Waals surface area (Å²) in [6.45, 7) is 9.04. The number of halogens is 2. The predicted octanol–water partition coefficient (Wildman–Crippen LogP) is 3.87. The summed E-state index contributed by atoms with van der Waals surface area (Å²) in [4.78, 5) is 26.0. The molecule has 1 amide bonds. The van der Waals surface area contributed by atoms with E-state index in [0.29, 0.717) is 12.8 Å². The van der Waals surface area contributed by atoms with Gasteiger partial charge in [-0.1, -0.05) is 26.0 Å². The molecule has 2 aliphatic rings. The van der Waals surface area contributed by atoms with Crippen LogP contribution in [-0.2, 0) is 20.9 Å². The molecule has 0 unspecified atom stereocenters. The van der Waals surface area contributed by atoms with Crippen LogP contribution in [0.2, 0.25) is 0 Å². The molecule has 0 spiro atoms. The number of aliphatic hydroxyl groups excluding tert-OH is 1. The zero-order valence-corrected chi connectivity index (χ0v) is 18.0. The zero-order chi connectivity index (χ0) is 22.4. The summed E-state index contributed by atoms with van der Waals surface area (Å²) in [5.74, 6) is -4.07. The molecule has 2 heterocycles. The second kappa shape index (κ2) is 7.65. The van der Waals surface area contributed by atoms with Gasteiger partial charge in [0.25, 0.3) is 5.91 Å². The monoisotopic (exact) mass is 422 g/mol. The minimum atomic E-state index is -1.05. The number of ether oxygens (including phenoxy) is 1. The van der Waals surface area contributed by atoms with Gasteiger partial charge in [-0.15, -0.1) is 0 Å². The van der Waals surface area contributed by atoms with Crippen LogP contribution >= 0.6 is 0 Å². The summed E-state index contributed by atoms with van der Waals surface area (Å²) in [6.07, 6.45) is 1.10. The van der Waals surface area contributed by atoms with Crippen molar-refractivity contribution in [2.45, 2.75) is 65.1 Å². The molecule has 8 heteroatoms. The summed E-state index contributed by atoms with van der Waals surface area (Å²) in [7, 11) is 0. The molecule has 0 saturated carbocycles. The molecule has 2 aliphatic heterocycles. The molecule has 0 bridgehead atoms. The van der Waals surface area contributed by atoms with E-state index in [1.807, 2.05) is 27.7 Å². The Kier molecular flexibility index (Phi) is 5.66. The second-order valence-corrected chi connectivity index (χ2v) is 9.19. The standard InChI is InChI=1S/C22H28F2N2O4/c1-13(2)12-30-20(29)16-18(27)22(5)10-9-21(3,4)26(22)25(19(16)28)11-14-7-6-8-15(23)17(14)24/h6-8,13,27H,9-12H2,1-5H3/t22-/m1/s1. The van der Waals surface area contributed by atoms with Crippen LogP contribution in [0.25, 0.3) is 0 Å². The Hall–Kier alpha value is -2.48. The van der Waals surface area contributed by atoms with Crippen LogP contribution in [0.1, 0.15) is 53.0 Å². The van der Waals surface area contributed by atoms with Crippen molar-refractivity contribution in [3.8, 4) is 0 Å². The van der Waals surface area contributed by atoms with Gasteiger partial charge >= 0.3 is 5.97 Å². The van der Waals surface area contributed by atoms with E-state index in [2.05, 4.69) is 0 Å². The van der Waals surface area contributed by atoms with E-state index >= 15 is 0 Å². The molecule has 6 nitrogen and oxygen atoms in total. The molecule has 1 atom stereocenters. The third-order valence-corrected chi connectivity index (χ3v) is 5.80. The largest absolute Gasteiger partial charge is 0.509 e. The van der Waals surface area contributed by atoms with Crippen LogP contribution in [0.3, 0.4) is 0 Å². The van der Waals surface area contributed by atoms with E-state index in [-0.39, 0.29) is 30.4 Å². The lowest BCUT2D eigenvalue weighted by atomic mass is 9.91. The van der Waals surface area contributed by atoms with Gasteiger partial charge in [-0.2, -0.15) is 5.01 Å². The summed E-state index contributed by atoms with van der Waals surface area (Å²) < 4.78 is 33.3. The fourth-order valence-electron chi connectivity index (χ4n) is 4.30. The fraction of sp³-hybridized carbons (Fsp3) is 0.545. The molecule has 3 rings (SSSR count). The Balaban J connectivity index is 2.08. The molecule has 1 saturated heterocycles. The summed E-state index contributed by atoms with van der Waals surface area (Å²) in [6, 6.07) is 3.75. The first-order valence-corrected chi connectivity index (χ1v) is 10.1. The van der Waals surface area contributed by atoms with Crippen LogP contribution < -0.4 is 0 Å². The Morgan fingerprint density at radius 3 is 2.53 bits per heavy atom. The number of nitrogens with zero attached hydrogens (tertiary/aromatic N) is 2. The molecule has 1 N–H and O–H groups in total. The van der Waals surface area contributed by atoms with E-state index in [1.54, 1.807) is 11.9 Å². The van der Waals surface area contributed by atoms with Gasteiger partial charge in [0.05, 0.1) is 18.7 Å². The van der Waals surface area contributed by atoms with Gasteiger partial charge in [0.15, 0.2) is 17.2 Å². The first kappa shape index (κ1) is 22.2. The van der Waals surface area contributed by atoms with Crippen molar-refractivity contribution in [1.29, 1.82) is 0 Å². The Bertz CT molecular complexity index is 912. The molecule has 1 fully saturated rings. The number of esters is 1. The van der Waals surface area contributed by atoms with Gasteiger partial charge in [0.2, 0.25) is 0 Å². The van der Waals surface area contributed by atoms with Crippen LogP contribution in [0.5, 0.6) is 0 Å². The lowest BCUT2D eigenvalue weighted by molar-refractivity contribution is -0.179. The first-order chi connectivity index (χ1) is 13.9. The van der Waals surface area contributed by atoms with Crippen molar-refractivity contribution in [3.05, 3.63) is 46.7 Å². The van der Waals surface area contributed by atoms with Crippen molar-refractivity contribution in [3.63, 3.8) is 0 Å². The normalized spacial score (nSPS) is 23.9. The Labute approximate surface area is 175 Å². The highest BCUT2D eigenvalue weighted by molar-refractivity contribution is 6.17. The van der Waals surface area contributed by atoms with Gasteiger partial charge in [-0.25, -0.2) is 13.6 Å². The highest BCUT2D eigenvalue weighted by Crippen LogP contribution is 2.49. The van der Waals surface area contributed by atoms with Crippen molar-refractivity contribution in [2.24, 2.45) is 5.92 Å². The smallest absolute Gasteiger partial charge is 0.347 e. The highest BCUT2D eigenvalue weighted by Gasteiger charge is 2.59. The molecule has 0 aliphatic carbocycles. The molecule has 1 aromatic rings. The minimum Gasteiger partial charge on any atom is -0.509 e. The third-order valence-electron chi connectivity index (χ3n) is 5.80. The van der Waals surface area contributed by atoms with E-state index in [4.69, 9.17) is 4.74 Å². The lowest BCUT2D eigenvalue weighted by Gasteiger charge is -2.51. The van der Waals surface area contributed by atoms with Gasteiger partial charge in [-0.3, -0.25) is 9.80 Å². The number of hydrazine groups is 1. The molecular weight excluding hydrogens is 394 g/mol. The van der Waals surface area contributed by atoms with E-state index in [1.165, 1.54) is 17.1 Å². The second-order valence-electron chi connectivity index (χ2n) is 9.19. The van der Waals surface area contributed by atoms with Crippen LogP contribution in [0, 0.1) is 17.6 Å². The number of hydrogen-bond acceptors (Lipinski definition) is 5. The predicted molar refractivity (Wildman–Crippen MR) is 106 cm³/mol. The third kappa shape index (κ3) is 3.57. The van der Waals surface area contributed by atoms with Gasteiger partial charge < -0.3 is 9.84 Å². The van der Waals surface area contributed by atoms with Crippen molar-refractivity contribution < 1.29 is 28.2 Å². The quantitative estimate of drug-likeness (QED) is 0.576.